The number of hydrogen-bond acceptors (Lipinski definition) is 5. The Morgan fingerprint density at radius 1 is 1.26 bits per heavy atom. The van der Waals surface area contributed by atoms with E-state index in [4.69, 9.17) is 9.47 Å². The van der Waals surface area contributed by atoms with Crippen LogP contribution in [0.25, 0.3) is 0 Å². The summed E-state index contributed by atoms with van der Waals surface area (Å²) < 4.78 is 11.1. The molecule has 1 fully saturated rings. The Balaban J connectivity index is 1.68. The van der Waals surface area contributed by atoms with Gasteiger partial charge in [0.25, 0.3) is 0 Å². The lowest BCUT2D eigenvalue weighted by Gasteiger charge is -2.35. The molecule has 0 aliphatic carbocycles. The van der Waals surface area contributed by atoms with E-state index in [2.05, 4.69) is 4.98 Å². The molecule has 1 unspecified atom stereocenters. The SMILES string of the molecule is O=C1CCSC(c2cccc3c2OCO3)N1Cc1cccnc1. The summed E-state index contributed by atoms with van der Waals surface area (Å²) >= 11 is 1.76. The lowest BCUT2D eigenvalue weighted by Crippen LogP contribution is -2.36. The zero-order valence-electron chi connectivity index (χ0n) is 12.5. The molecule has 0 radical (unpaired) electrons. The number of para-hydroxylation sites is 1. The maximum Gasteiger partial charge on any atom is 0.231 e. The monoisotopic (exact) mass is 328 g/mol. The first-order valence-corrected chi connectivity index (χ1v) is 8.56. The van der Waals surface area contributed by atoms with Gasteiger partial charge >= 0.3 is 0 Å². The third-order valence-electron chi connectivity index (χ3n) is 3.96. The van der Waals surface area contributed by atoms with Crippen molar-refractivity contribution in [2.45, 2.75) is 18.3 Å². The molecule has 23 heavy (non-hydrogen) atoms. The average molecular weight is 328 g/mol. The summed E-state index contributed by atoms with van der Waals surface area (Å²) in [5.41, 5.74) is 2.03. The highest BCUT2D eigenvalue weighted by Crippen LogP contribution is 2.46. The number of ether oxygens (including phenoxy) is 2. The van der Waals surface area contributed by atoms with Gasteiger partial charge in [-0.05, 0) is 17.7 Å². The van der Waals surface area contributed by atoms with Crippen molar-refractivity contribution in [1.82, 2.24) is 9.88 Å². The second-order valence-electron chi connectivity index (χ2n) is 5.44. The Morgan fingerprint density at radius 2 is 2.22 bits per heavy atom. The van der Waals surface area contributed by atoms with E-state index in [1.165, 1.54) is 0 Å². The van der Waals surface area contributed by atoms with Crippen molar-refractivity contribution < 1.29 is 14.3 Å². The number of aromatic nitrogens is 1. The lowest BCUT2D eigenvalue weighted by molar-refractivity contribution is -0.132. The van der Waals surface area contributed by atoms with Gasteiger partial charge in [-0.15, -0.1) is 11.8 Å². The first-order chi connectivity index (χ1) is 11.3. The van der Waals surface area contributed by atoms with E-state index in [1.807, 2.05) is 35.2 Å². The minimum absolute atomic E-state index is 0.0619. The third-order valence-corrected chi connectivity index (χ3v) is 5.23. The molecule has 0 spiro atoms. The first-order valence-electron chi connectivity index (χ1n) is 7.51. The maximum atomic E-state index is 12.5. The summed E-state index contributed by atoms with van der Waals surface area (Å²) in [6.45, 7) is 0.787. The van der Waals surface area contributed by atoms with Crippen LogP contribution in [0.5, 0.6) is 11.5 Å². The highest BCUT2D eigenvalue weighted by Gasteiger charge is 2.33. The van der Waals surface area contributed by atoms with E-state index in [0.29, 0.717) is 13.0 Å². The van der Waals surface area contributed by atoms with E-state index in [1.54, 1.807) is 24.2 Å². The predicted molar refractivity (Wildman–Crippen MR) is 87.2 cm³/mol. The van der Waals surface area contributed by atoms with Crippen molar-refractivity contribution in [2.24, 2.45) is 0 Å². The maximum absolute atomic E-state index is 12.5. The number of hydrogen-bond donors (Lipinski definition) is 0. The van der Waals surface area contributed by atoms with E-state index >= 15 is 0 Å². The number of rotatable bonds is 3. The van der Waals surface area contributed by atoms with E-state index in [-0.39, 0.29) is 18.1 Å². The second-order valence-corrected chi connectivity index (χ2v) is 6.63. The molecule has 0 saturated carbocycles. The molecule has 1 saturated heterocycles. The molecule has 2 aromatic rings. The summed E-state index contributed by atoms with van der Waals surface area (Å²) in [5.74, 6) is 2.49. The van der Waals surface area contributed by atoms with Crippen molar-refractivity contribution in [1.29, 1.82) is 0 Å². The van der Waals surface area contributed by atoms with Gasteiger partial charge in [0.1, 0.15) is 5.37 Å². The molecule has 1 aromatic heterocycles. The fraction of sp³-hybridized carbons (Fsp3) is 0.294. The number of amides is 1. The van der Waals surface area contributed by atoms with Crippen molar-refractivity contribution in [3.8, 4) is 11.5 Å². The number of pyridine rings is 1. The van der Waals surface area contributed by atoms with Crippen LogP contribution in [0.2, 0.25) is 0 Å². The van der Waals surface area contributed by atoms with Crippen LogP contribution in [-0.4, -0.2) is 28.3 Å². The minimum Gasteiger partial charge on any atom is -0.454 e. The average Bonchev–Trinajstić information content (AvgIpc) is 3.06. The van der Waals surface area contributed by atoms with Gasteiger partial charge in [-0.1, -0.05) is 18.2 Å². The van der Waals surface area contributed by atoms with Crippen LogP contribution in [0.4, 0.5) is 0 Å². The van der Waals surface area contributed by atoms with Crippen LogP contribution < -0.4 is 9.47 Å². The van der Waals surface area contributed by atoms with Gasteiger partial charge in [0, 0.05) is 36.7 Å². The highest BCUT2D eigenvalue weighted by molar-refractivity contribution is 7.99. The molecular weight excluding hydrogens is 312 g/mol. The fourth-order valence-electron chi connectivity index (χ4n) is 2.89. The quantitative estimate of drug-likeness (QED) is 0.867. The molecule has 2 aliphatic rings. The molecule has 0 bridgehead atoms. The van der Waals surface area contributed by atoms with E-state index in [0.717, 1.165) is 28.4 Å². The van der Waals surface area contributed by atoms with Crippen LogP contribution in [0.1, 0.15) is 22.9 Å². The Labute approximate surface area is 138 Å². The molecule has 6 heteroatoms. The Morgan fingerprint density at radius 3 is 3.09 bits per heavy atom. The van der Waals surface area contributed by atoms with Gasteiger partial charge in [-0.3, -0.25) is 9.78 Å². The van der Waals surface area contributed by atoms with Gasteiger partial charge in [0.15, 0.2) is 11.5 Å². The molecule has 2 aliphatic heterocycles. The summed E-state index contributed by atoms with van der Waals surface area (Å²) in [7, 11) is 0. The first kappa shape index (κ1) is 14.4. The van der Waals surface area contributed by atoms with E-state index < -0.39 is 0 Å². The topological polar surface area (TPSA) is 51.7 Å². The molecule has 1 atom stereocenters. The third kappa shape index (κ3) is 2.74. The lowest BCUT2D eigenvalue weighted by atomic mass is 10.1. The number of fused-ring (bicyclic) bond motifs is 1. The number of carbonyl (C=O) groups excluding carboxylic acids is 1. The largest absolute Gasteiger partial charge is 0.454 e. The molecule has 0 N–H and O–H groups in total. The van der Waals surface area contributed by atoms with Crippen LogP contribution >= 0.6 is 11.8 Å². The Hall–Kier alpha value is -2.21. The number of nitrogens with zero attached hydrogens (tertiary/aromatic N) is 2. The molecular formula is C17H16N2O3S. The summed E-state index contributed by atoms with van der Waals surface area (Å²) in [4.78, 5) is 18.5. The number of carbonyl (C=O) groups is 1. The molecule has 1 amide bonds. The molecule has 1 aromatic carbocycles. The Kier molecular flexibility index (Phi) is 3.83. The molecule has 4 rings (SSSR count). The summed E-state index contributed by atoms with van der Waals surface area (Å²) in [6, 6.07) is 9.74. The van der Waals surface area contributed by atoms with Crippen molar-refractivity contribution in [3.63, 3.8) is 0 Å². The van der Waals surface area contributed by atoms with Crippen LogP contribution in [0, 0.1) is 0 Å². The molecule has 3 heterocycles. The summed E-state index contributed by atoms with van der Waals surface area (Å²) in [5, 5.41) is -0.0619. The molecule has 118 valence electrons. The van der Waals surface area contributed by atoms with Gasteiger partial charge in [0.2, 0.25) is 12.7 Å². The number of benzene rings is 1. The minimum atomic E-state index is -0.0619. The van der Waals surface area contributed by atoms with Gasteiger partial charge in [-0.2, -0.15) is 0 Å². The van der Waals surface area contributed by atoms with Gasteiger partial charge in [-0.25, -0.2) is 0 Å². The highest BCUT2D eigenvalue weighted by atomic mass is 32.2. The second kappa shape index (κ2) is 6.12. The Bertz CT molecular complexity index is 723. The predicted octanol–water partition coefficient (Wildman–Crippen LogP) is 2.97. The van der Waals surface area contributed by atoms with Crippen molar-refractivity contribution in [3.05, 3.63) is 53.9 Å². The van der Waals surface area contributed by atoms with Crippen LogP contribution in [-0.2, 0) is 11.3 Å². The van der Waals surface area contributed by atoms with Crippen LogP contribution in [0.15, 0.2) is 42.7 Å². The standard InChI is InChI=1S/C17H16N2O3S/c20-15-6-8-23-17(19(15)10-12-3-2-7-18-9-12)13-4-1-5-14-16(13)22-11-21-14/h1-5,7,9,17H,6,8,10-11H2. The zero-order chi connectivity index (χ0) is 15.6. The van der Waals surface area contributed by atoms with Crippen LogP contribution in [0.3, 0.4) is 0 Å². The smallest absolute Gasteiger partial charge is 0.231 e. The van der Waals surface area contributed by atoms with Crippen molar-refractivity contribution in [2.75, 3.05) is 12.5 Å². The normalized spacial score (nSPS) is 19.9. The number of thioether (sulfide) groups is 1. The van der Waals surface area contributed by atoms with E-state index in [9.17, 15) is 4.79 Å². The zero-order valence-corrected chi connectivity index (χ0v) is 13.3. The van der Waals surface area contributed by atoms with Crippen molar-refractivity contribution >= 4 is 17.7 Å². The fourth-order valence-corrected chi connectivity index (χ4v) is 4.14. The van der Waals surface area contributed by atoms with Gasteiger partial charge in [0.05, 0.1) is 0 Å². The van der Waals surface area contributed by atoms with Gasteiger partial charge < -0.3 is 14.4 Å². The molecule has 5 nitrogen and oxygen atoms in total. The summed E-state index contributed by atoms with van der Waals surface area (Å²) in [6.07, 6.45) is 4.11.